The average Bonchev–Trinajstić information content (AvgIpc) is 3.47. The number of aromatic nitrogens is 2. The monoisotopic (exact) mass is 586 g/mol. The Hall–Kier alpha value is -3.19. The second-order valence-corrected chi connectivity index (χ2v) is 15.4. The van der Waals surface area contributed by atoms with Crippen molar-refractivity contribution in [1.29, 1.82) is 0 Å². The van der Waals surface area contributed by atoms with Crippen LogP contribution in [0.2, 0.25) is 0 Å². The molecule has 1 N–H and O–H groups in total. The van der Waals surface area contributed by atoms with Crippen molar-refractivity contribution in [2.24, 2.45) is 0 Å². The van der Waals surface area contributed by atoms with Gasteiger partial charge in [-0.3, -0.25) is 4.90 Å². The SMILES string of the molecule is COc1cc(N2CCC(N3CCN(C)CC3)CC2)ccc1Cc1nc2c(c(Nc3ccccc3P(C)(C)=O)n1)C=CC2. The lowest BCUT2D eigenvalue weighted by atomic mass is 10.0. The van der Waals surface area contributed by atoms with E-state index in [0.717, 1.165) is 64.7 Å². The van der Waals surface area contributed by atoms with Gasteiger partial charge in [-0.1, -0.05) is 30.4 Å². The Balaban J connectivity index is 1.18. The van der Waals surface area contributed by atoms with Crippen LogP contribution in [0, 0.1) is 0 Å². The van der Waals surface area contributed by atoms with Crippen LogP contribution in [0.1, 0.15) is 35.5 Å². The van der Waals surface area contributed by atoms with Gasteiger partial charge in [-0.2, -0.15) is 0 Å². The lowest BCUT2D eigenvalue weighted by Crippen LogP contribution is -2.52. The highest BCUT2D eigenvalue weighted by Crippen LogP contribution is 2.39. The summed E-state index contributed by atoms with van der Waals surface area (Å²) in [5.74, 6) is 2.37. The molecule has 3 heterocycles. The van der Waals surface area contributed by atoms with Gasteiger partial charge in [0.05, 0.1) is 18.5 Å². The molecule has 0 atom stereocenters. The Morgan fingerprint density at radius 3 is 2.50 bits per heavy atom. The van der Waals surface area contributed by atoms with Gasteiger partial charge in [-0.25, -0.2) is 9.97 Å². The van der Waals surface area contributed by atoms with E-state index in [4.69, 9.17) is 14.7 Å². The first-order valence-electron chi connectivity index (χ1n) is 15.1. The van der Waals surface area contributed by atoms with E-state index in [1.807, 2.05) is 24.3 Å². The van der Waals surface area contributed by atoms with Gasteiger partial charge in [-0.05, 0) is 51.4 Å². The number of anilines is 3. The summed E-state index contributed by atoms with van der Waals surface area (Å²) in [6, 6.07) is 15.1. The predicted octanol–water partition coefficient (Wildman–Crippen LogP) is 4.85. The highest BCUT2D eigenvalue weighted by atomic mass is 31.2. The minimum absolute atomic E-state index is 0.568. The van der Waals surface area contributed by atoms with Crippen LogP contribution in [-0.4, -0.2) is 92.6 Å². The van der Waals surface area contributed by atoms with E-state index in [1.54, 1.807) is 20.4 Å². The number of allylic oxidation sites excluding steroid dienone is 1. The van der Waals surface area contributed by atoms with Gasteiger partial charge in [0.1, 0.15) is 24.5 Å². The summed E-state index contributed by atoms with van der Waals surface area (Å²) in [5, 5.41) is 4.32. The molecule has 0 saturated carbocycles. The predicted molar refractivity (Wildman–Crippen MR) is 174 cm³/mol. The zero-order chi connectivity index (χ0) is 29.3. The molecule has 42 heavy (non-hydrogen) atoms. The van der Waals surface area contributed by atoms with Crippen molar-refractivity contribution in [3.05, 3.63) is 71.2 Å². The van der Waals surface area contributed by atoms with Crippen molar-refractivity contribution in [2.75, 3.05) is 77.0 Å². The van der Waals surface area contributed by atoms with Gasteiger partial charge >= 0.3 is 0 Å². The number of piperazine rings is 1. The molecule has 9 heteroatoms. The molecule has 0 radical (unpaired) electrons. The molecule has 2 fully saturated rings. The van der Waals surface area contributed by atoms with Gasteiger partial charge in [-0.15, -0.1) is 0 Å². The Kier molecular flexibility index (Phi) is 8.39. The number of ether oxygens (including phenoxy) is 1. The van der Waals surface area contributed by atoms with Gasteiger partial charge in [0.15, 0.2) is 0 Å². The number of benzene rings is 2. The van der Waals surface area contributed by atoms with E-state index in [9.17, 15) is 4.57 Å². The molecule has 8 nitrogen and oxygen atoms in total. The van der Waals surface area contributed by atoms with E-state index < -0.39 is 7.14 Å². The molecule has 1 aromatic heterocycles. The summed E-state index contributed by atoms with van der Waals surface area (Å²) >= 11 is 0. The molecule has 6 rings (SSSR count). The smallest absolute Gasteiger partial charge is 0.141 e. The van der Waals surface area contributed by atoms with E-state index in [2.05, 4.69) is 57.4 Å². The molecule has 3 aliphatic rings. The van der Waals surface area contributed by atoms with Crippen LogP contribution in [0.25, 0.3) is 6.08 Å². The topological polar surface area (TPSA) is 73.8 Å². The number of likely N-dealkylation sites (N-methyl/N-ethyl adjacent to an activating group) is 1. The molecule has 2 aliphatic heterocycles. The number of hydrogen-bond acceptors (Lipinski definition) is 8. The zero-order valence-electron chi connectivity index (χ0n) is 25.3. The van der Waals surface area contributed by atoms with E-state index in [0.29, 0.717) is 12.5 Å². The molecule has 0 bridgehead atoms. The van der Waals surface area contributed by atoms with Gasteiger partial charge in [0, 0.05) is 86.3 Å². The molecular formula is C33H43N6O2P. The lowest BCUT2D eigenvalue weighted by Gasteiger charge is -2.42. The second-order valence-electron chi connectivity index (χ2n) is 12.2. The summed E-state index contributed by atoms with van der Waals surface area (Å²) < 4.78 is 18.9. The molecule has 0 spiro atoms. The third-order valence-corrected chi connectivity index (χ3v) is 10.5. The Morgan fingerprint density at radius 2 is 1.76 bits per heavy atom. The molecule has 1 aliphatic carbocycles. The molecule has 2 saturated heterocycles. The molecule has 222 valence electrons. The third kappa shape index (κ3) is 6.26. The molecule has 0 unspecified atom stereocenters. The molecular weight excluding hydrogens is 543 g/mol. The van der Waals surface area contributed by atoms with Crippen molar-refractivity contribution in [3.63, 3.8) is 0 Å². The van der Waals surface area contributed by atoms with Gasteiger partial charge in [0.25, 0.3) is 0 Å². The average molecular weight is 587 g/mol. The second kappa shape index (κ2) is 12.2. The van der Waals surface area contributed by atoms with Crippen molar-refractivity contribution >= 4 is 35.7 Å². The van der Waals surface area contributed by atoms with Gasteiger partial charge < -0.3 is 24.4 Å². The zero-order valence-corrected chi connectivity index (χ0v) is 26.2. The summed E-state index contributed by atoms with van der Waals surface area (Å²) in [5.41, 5.74) is 5.12. The highest BCUT2D eigenvalue weighted by Gasteiger charge is 2.27. The molecule has 3 aromatic rings. The number of hydrogen-bond donors (Lipinski definition) is 1. The largest absolute Gasteiger partial charge is 0.496 e. The fourth-order valence-electron chi connectivity index (χ4n) is 6.46. The van der Waals surface area contributed by atoms with E-state index in [1.165, 1.54) is 44.7 Å². The van der Waals surface area contributed by atoms with Crippen molar-refractivity contribution in [2.45, 2.75) is 31.7 Å². The Bertz CT molecular complexity index is 1500. The quantitative estimate of drug-likeness (QED) is 0.376. The number of para-hydroxylation sites is 1. The minimum Gasteiger partial charge on any atom is -0.496 e. The number of fused-ring (bicyclic) bond motifs is 1. The summed E-state index contributed by atoms with van der Waals surface area (Å²) in [6.07, 6.45) is 7.95. The number of piperidine rings is 1. The first-order valence-corrected chi connectivity index (χ1v) is 17.7. The van der Waals surface area contributed by atoms with Crippen molar-refractivity contribution in [3.8, 4) is 5.75 Å². The normalized spacial score (nSPS) is 18.3. The van der Waals surface area contributed by atoms with Gasteiger partial charge in [0.2, 0.25) is 0 Å². The first kappa shape index (κ1) is 28.9. The number of rotatable bonds is 8. The minimum atomic E-state index is -2.47. The third-order valence-electron chi connectivity index (χ3n) is 8.91. The van der Waals surface area contributed by atoms with E-state index in [-0.39, 0.29) is 0 Å². The maximum atomic E-state index is 13.0. The van der Waals surface area contributed by atoms with E-state index >= 15 is 0 Å². The van der Waals surface area contributed by atoms with Crippen LogP contribution in [0.15, 0.2) is 48.5 Å². The van der Waals surface area contributed by atoms with Crippen molar-refractivity contribution in [1.82, 2.24) is 19.8 Å². The molecule has 2 aromatic carbocycles. The fraction of sp³-hybridized carbons (Fsp3) is 0.455. The molecule has 0 amide bonds. The Morgan fingerprint density at radius 1 is 1.00 bits per heavy atom. The van der Waals surface area contributed by atoms with Crippen LogP contribution < -0.4 is 20.3 Å². The van der Waals surface area contributed by atoms with Crippen LogP contribution >= 0.6 is 7.14 Å². The van der Waals surface area contributed by atoms with Crippen LogP contribution in [0.4, 0.5) is 17.2 Å². The number of nitrogens with one attached hydrogen (secondary N) is 1. The van der Waals surface area contributed by atoms with Crippen molar-refractivity contribution < 1.29 is 9.30 Å². The summed E-state index contributed by atoms with van der Waals surface area (Å²) in [7, 11) is 1.50. The lowest BCUT2D eigenvalue weighted by molar-refractivity contribution is 0.0982. The maximum absolute atomic E-state index is 13.0. The standard InChI is InChI=1S/C33H43N6O2P/c1-37-18-20-39(21-19-37)25-14-16-38(17-15-25)26-13-12-24(30(23-26)41-2)22-32-34-28-10-7-8-27(28)33(36-32)35-29-9-5-6-11-31(29)42(3,4)40/h5-9,11-13,23,25H,10,14-22H2,1-4H3,(H,34,35,36). The van der Waals surface area contributed by atoms with Crippen LogP contribution in [-0.2, 0) is 17.4 Å². The first-order chi connectivity index (χ1) is 20.3. The van der Waals surface area contributed by atoms with Crippen LogP contribution in [0.3, 0.4) is 0 Å². The van der Waals surface area contributed by atoms with Crippen LogP contribution in [0.5, 0.6) is 5.75 Å². The fourth-order valence-corrected chi connectivity index (χ4v) is 7.62. The number of nitrogens with zero attached hydrogens (tertiary/aromatic N) is 5. The Labute approximate surface area is 250 Å². The highest BCUT2D eigenvalue weighted by molar-refractivity contribution is 7.70. The maximum Gasteiger partial charge on any atom is 0.141 e. The number of methoxy groups -OCH3 is 1. The summed E-state index contributed by atoms with van der Waals surface area (Å²) in [4.78, 5) is 17.5. The summed E-state index contributed by atoms with van der Waals surface area (Å²) in [6.45, 7) is 10.5.